The molecule has 0 spiro atoms. The zero-order valence-electron chi connectivity index (χ0n) is 13.6. The van der Waals surface area contributed by atoms with Crippen molar-refractivity contribution in [1.82, 2.24) is 19.7 Å². The number of anilines is 1. The Bertz CT molecular complexity index is 945. The van der Waals surface area contributed by atoms with E-state index < -0.39 is 24.4 Å². The summed E-state index contributed by atoms with van der Waals surface area (Å²) in [6.07, 6.45) is -0.513. The number of carbonyl (C=O) groups excluding carboxylic acids is 1. The molecule has 2 aromatic heterocycles. The summed E-state index contributed by atoms with van der Waals surface area (Å²) in [5.41, 5.74) is 0.887. The van der Waals surface area contributed by atoms with Gasteiger partial charge in [-0.25, -0.2) is 14.6 Å². The summed E-state index contributed by atoms with van der Waals surface area (Å²) in [5, 5.41) is 37.1. The topological polar surface area (TPSA) is 133 Å². The summed E-state index contributed by atoms with van der Waals surface area (Å²) in [6, 6.07) is 8.11. The first-order valence-electron chi connectivity index (χ1n) is 8.15. The number of amides is 1. The van der Waals surface area contributed by atoms with Crippen molar-refractivity contribution in [3.63, 3.8) is 0 Å². The number of hydrogen-bond donors (Lipinski definition) is 4. The van der Waals surface area contributed by atoms with Gasteiger partial charge in [0.25, 0.3) is 5.91 Å². The number of rotatable bonds is 3. The Morgan fingerprint density at radius 2 is 1.88 bits per heavy atom. The van der Waals surface area contributed by atoms with Crippen molar-refractivity contribution in [3.05, 3.63) is 48.4 Å². The minimum absolute atomic E-state index is 0.148. The van der Waals surface area contributed by atoms with Crippen LogP contribution in [-0.4, -0.2) is 59.3 Å². The van der Waals surface area contributed by atoms with E-state index in [9.17, 15) is 20.1 Å². The minimum atomic E-state index is -1.24. The zero-order chi connectivity index (χ0) is 18.3. The van der Waals surface area contributed by atoms with Gasteiger partial charge in [0.2, 0.25) is 0 Å². The highest BCUT2D eigenvalue weighted by Crippen LogP contribution is 2.33. The zero-order valence-corrected chi connectivity index (χ0v) is 13.6. The number of aliphatic hydroxyl groups excluding tert-OH is 3. The Hall–Kier alpha value is -2.88. The maximum atomic E-state index is 12.4. The molecule has 1 amide bonds. The molecule has 1 aliphatic carbocycles. The Balaban J connectivity index is 1.67. The largest absolute Gasteiger partial charge is 0.390 e. The van der Waals surface area contributed by atoms with Crippen molar-refractivity contribution in [2.24, 2.45) is 0 Å². The summed E-state index contributed by atoms with van der Waals surface area (Å²) < 4.78 is 1.44. The van der Waals surface area contributed by atoms with Crippen LogP contribution in [0.1, 0.15) is 22.8 Å². The third kappa shape index (κ3) is 2.71. The van der Waals surface area contributed by atoms with Gasteiger partial charge in [-0.05, 0) is 12.1 Å². The third-order valence-corrected chi connectivity index (χ3v) is 4.59. The molecule has 1 saturated carbocycles. The van der Waals surface area contributed by atoms with Crippen LogP contribution in [0.5, 0.6) is 0 Å². The number of hydrogen-bond acceptors (Lipinski definition) is 7. The van der Waals surface area contributed by atoms with Crippen LogP contribution in [0.4, 0.5) is 5.82 Å². The van der Waals surface area contributed by atoms with Crippen LogP contribution in [-0.2, 0) is 0 Å². The van der Waals surface area contributed by atoms with Gasteiger partial charge in [-0.15, -0.1) is 0 Å². The molecule has 4 N–H and O–H groups in total. The molecule has 0 radical (unpaired) electrons. The summed E-state index contributed by atoms with van der Waals surface area (Å²) >= 11 is 0. The Labute approximate surface area is 147 Å². The van der Waals surface area contributed by atoms with Crippen molar-refractivity contribution < 1.29 is 20.1 Å². The molecule has 1 aliphatic rings. The number of aliphatic hydroxyl groups is 3. The van der Waals surface area contributed by atoms with Gasteiger partial charge in [-0.3, -0.25) is 4.79 Å². The Morgan fingerprint density at radius 1 is 1.12 bits per heavy atom. The van der Waals surface area contributed by atoms with E-state index in [1.54, 1.807) is 24.3 Å². The van der Waals surface area contributed by atoms with Gasteiger partial charge in [-0.1, -0.05) is 18.2 Å². The highest BCUT2D eigenvalue weighted by atomic mass is 16.4. The first-order chi connectivity index (χ1) is 12.6. The smallest absolute Gasteiger partial charge is 0.256 e. The number of carbonyl (C=O) groups is 1. The van der Waals surface area contributed by atoms with E-state index in [-0.39, 0.29) is 12.3 Å². The molecular formula is C17H17N5O4. The van der Waals surface area contributed by atoms with Gasteiger partial charge in [0.1, 0.15) is 24.4 Å². The first kappa shape index (κ1) is 16.6. The second-order valence-corrected chi connectivity index (χ2v) is 6.22. The van der Waals surface area contributed by atoms with Gasteiger partial charge in [0.05, 0.1) is 23.7 Å². The van der Waals surface area contributed by atoms with E-state index in [0.717, 1.165) is 0 Å². The second kappa shape index (κ2) is 6.45. The summed E-state index contributed by atoms with van der Waals surface area (Å²) in [7, 11) is 0. The predicted octanol–water partition coefficient (Wildman–Crippen LogP) is 0.106. The van der Waals surface area contributed by atoms with E-state index in [0.29, 0.717) is 22.4 Å². The highest BCUT2D eigenvalue weighted by Gasteiger charge is 2.42. The molecule has 3 aromatic rings. The highest BCUT2D eigenvalue weighted by molar-refractivity contribution is 6.07. The minimum Gasteiger partial charge on any atom is -0.390 e. The lowest BCUT2D eigenvalue weighted by Gasteiger charge is -2.17. The standard InChI is InChI=1S/C17H17N5O4/c23-12-6-11(13(24)14(12)25)22-16-10(7-20-22)15(18-8-19-16)21-17(26)9-4-2-1-3-5-9/h1-5,7-8,11-14,23-25H,6H2,(H,18,19,21,26)/t11-,12+,13+,14-/m1/s1. The molecule has 26 heavy (non-hydrogen) atoms. The Kier molecular flexibility index (Phi) is 4.11. The van der Waals surface area contributed by atoms with Crippen LogP contribution >= 0.6 is 0 Å². The first-order valence-corrected chi connectivity index (χ1v) is 8.15. The second-order valence-electron chi connectivity index (χ2n) is 6.22. The fourth-order valence-corrected chi connectivity index (χ4v) is 3.20. The molecule has 0 aliphatic heterocycles. The SMILES string of the molecule is O=C(Nc1ncnc2c1cnn2[C@@H]1C[C@H](O)[C@@H](O)[C@H]1O)c1ccccc1. The van der Waals surface area contributed by atoms with Crippen LogP contribution in [0.3, 0.4) is 0 Å². The van der Waals surface area contributed by atoms with Crippen molar-refractivity contribution >= 4 is 22.8 Å². The normalized spacial score (nSPS) is 25.5. The monoisotopic (exact) mass is 355 g/mol. The van der Waals surface area contributed by atoms with Crippen LogP contribution in [0.25, 0.3) is 11.0 Å². The number of nitrogens with one attached hydrogen (secondary N) is 1. The molecule has 0 saturated heterocycles. The molecule has 9 nitrogen and oxygen atoms in total. The summed E-state index contributed by atoms with van der Waals surface area (Å²) in [5.74, 6) is -0.0196. The van der Waals surface area contributed by atoms with Crippen LogP contribution in [0.2, 0.25) is 0 Å². The third-order valence-electron chi connectivity index (χ3n) is 4.59. The molecule has 0 unspecified atom stereocenters. The molecule has 1 fully saturated rings. The number of aromatic nitrogens is 4. The molecule has 134 valence electrons. The molecule has 1 aromatic carbocycles. The van der Waals surface area contributed by atoms with Gasteiger partial charge in [0, 0.05) is 12.0 Å². The molecule has 4 atom stereocenters. The van der Waals surface area contributed by atoms with Gasteiger partial charge in [0.15, 0.2) is 5.65 Å². The van der Waals surface area contributed by atoms with E-state index in [4.69, 9.17) is 0 Å². The molecule has 2 heterocycles. The van der Waals surface area contributed by atoms with Gasteiger partial charge < -0.3 is 20.6 Å². The quantitative estimate of drug-likeness (QED) is 0.524. The average Bonchev–Trinajstić information content (AvgIpc) is 3.20. The lowest BCUT2D eigenvalue weighted by atomic mass is 10.2. The lowest BCUT2D eigenvalue weighted by Crippen LogP contribution is -2.31. The summed E-state index contributed by atoms with van der Waals surface area (Å²) in [4.78, 5) is 20.6. The van der Waals surface area contributed by atoms with Gasteiger partial charge >= 0.3 is 0 Å². The van der Waals surface area contributed by atoms with Crippen molar-refractivity contribution in [2.45, 2.75) is 30.8 Å². The maximum absolute atomic E-state index is 12.4. The number of nitrogens with zero attached hydrogens (tertiary/aromatic N) is 4. The molecule has 4 rings (SSSR count). The predicted molar refractivity (Wildman–Crippen MR) is 91.4 cm³/mol. The van der Waals surface area contributed by atoms with Crippen LogP contribution in [0, 0.1) is 0 Å². The van der Waals surface area contributed by atoms with Gasteiger partial charge in [-0.2, -0.15) is 5.10 Å². The van der Waals surface area contributed by atoms with E-state index >= 15 is 0 Å². The number of benzene rings is 1. The summed E-state index contributed by atoms with van der Waals surface area (Å²) in [6.45, 7) is 0. The van der Waals surface area contributed by atoms with E-state index in [2.05, 4.69) is 20.4 Å². The lowest BCUT2D eigenvalue weighted by molar-refractivity contribution is -0.0252. The fraction of sp³-hybridized carbons (Fsp3) is 0.294. The van der Waals surface area contributed by atoms with E-state index in [1.165, 1.54) is 17.2 Å². The fourth-order valence-electron chi connectivity index (χ4n) is 3.20. The van der Waals surface area contributed by atoms with E-state index in [1.807, 2.05) is 6.07 Å². The van der Waals surface area contributed by atoms with Crippen molar-refractivity contribution in [2.75, 3.05) is 5.32 Å². The van der Waals surface area contributed by atoms with Crippen LogP contribution < -0.4 is 5.32 Å². The number of fused-ring (bicyclic) bond motifs is 1. The molecular weight excluding hydrogens is 338 g/mol. The van der Waals surface area contributed by atoms with Crippen LogP contribution in [0.15, 0.2) is 42.9 Å². The van der Waals surface area contributed by atoms with Crippen molar-refractivity contribution in [3.8, 4) is 0 Å². The maximum Gasteiger partial charge on any atom is 0.256 e. The molecule has 9 heteroatoms. The van der Waals surface area contributed by atoms with Crippen molar-refractivity contribution in [1.29, 1.82) is 0 Å². The Morgan fingerprint density at radius 3 is 2.58 bits per heavy atom. The average molecular weight is 355 g/mol. The molecule has 0 bridgehead atoms.